The van der Waals surface area contributed by atoms with Gasteiger partial charge in [0.1, 0.15) is 5.54 Å². The molecule has 0 bridgehead atoms. The van der Waals surface area contributed by atoms with Crippen LogP contribution in [0.2, 0.25) is 0 Å². The van der Waals surface area contributed by atoms with Crippen LogP contribution in [0.5, 0.6) is 0 Å². The number of benzene rings is 1. The van der Waals surface area contributed by atoms with Gasteiger partial charge in [0.25, 0.3) is 5.91 Å². The summed E-state index contributed by atoms with van der Waals surface area (Å²) in [5.74, 6) is 0.285. The lowest BCUT2D eigenvalue weighted by Gasteiger charge is -2.27. The van der Waals surface area contributed by atoms with Gasteiger partial charge in [-0.15, -0.1) is 0 Å². The molecular weight excluding hydrogens is 300 g/mol. The Hall–Kier alpha value is -1.88. The third-order valence-electron chi connectivity index (χ3n) is 4.80. The number of nitrogens with zero attached hydrogens (tertiary/aromatic N) is 1. The zero-order valence-electron chi connectivity index (χ0n) is 14.9. The molecule has 1 saturated heterocycles. The summed E-state index contributed by atoms with van der Waals surface area (Å²) in [5, 5.41) is 11.5. The highest BCUT2D eigenvalue weighted by Gasteiger charge is 2.48. The predicted molar refractivity (Wildman–Crippen MR) is 97.5 cm³/mol. The minimum atomic E-state index is -0.583. The van der Waals surface area contributed by atoms with Gasteiger partial charge in [-0.25, -0.2) is 0 Å². The number of amides is 1. The maximum absolute atomic E-state index is 13.1. The van der Waals surface area contributed by atoms with E-state index in [2.05, 4.69) is 19.2 Å². The number of nitrogens with two attached hydrogens (primary N) is 1. The highest BCUT2D eigenvalue weighted by Crippen LogP contribution is 2.30. The Balaban J connectivity index is 2.15. The Bertz CT molecular complexity index is 559. The molecule has 5 heteroatoms. The molecule has 132 valence electrons. The van der Waals surface area contributed by atoms with E-state index in [1.807, 2.05) is 24.3 Å². The number of unbranched alkanes of at least 4 members (excludes halogenated alkanes) is 2. The summed E-state index contributed by atoms with van der Waals surface area (Å²) in [7, 11) is 0. The number of rotatable bonds is 9. The molecule has 4 N–H and O–H groups in total. The van der Waals surface area contributed by atoms with Gasteiger partial charge in [-0.2, -0.15) is 0 Å². The minimum Gasteiger partial charge on any atom is -0.342 e. The standard InChI is InChI=1S/C19H30N4O/c1-3-5-11-19(12-6-4-2)17(24)23(18(21)22-19)14-16-9-7-15(13-20)8-10-16/h7-10H,3-6,11-14,20H2,1-2H3,(H2,21,22). The Labute approximate surface area is 145 Å². The highest BCUT2D eigenvalue weighted by molar-refractivity contribution is 6.07. The predicted octanol–water partition coefficient (Wildman–Crippen LogP) is 3.13. The summed E-state index contributed by atoms with van der Waals surface area (Å²) < 4.78 is 0. The number of guanidine groups is 1. The summed E-state index contributed by atoms with van der Waals surface area (Å²) in [6.45, 7) is 5.22. The topological polar surface area (TPSA) is 82.2 Å². The van der Waals surface area contributed by atoms with E-state index in [1.165, 1.54) is 0 Å². The van der Waals surface area contributed by atoms with E-state index in [9.17, 15) is 4.79 Å². The van der Waals surface area contributed by atoms with Crippen LogP contribution >= 0.6 is 0 Å². The van der Waals surface area contributed by atoms with Crippen molar-refractivity contribution >= 4 is 11.9 Å². The van der Waals surface area contributed by atoms with E-state index in [0.717, 1.165) is 49.7 Å². The van der Waals surface area contributed by atoms with Crippen molar-refractivity contribution in [2.75, 3.05) is 0 Å². The molecule has 1 amide bonds. The lowest BCUT2D eigenvalue weighted by atomic mass is 9.87. The molecule has 1 aromatic rings. The molecule has 0 saturated carbocycles. The van der Waals surface area contributed by atoms with Crippen molar-refractivity contribution in [1.82, 2.24) is 10.2 Å². The van der Waals surface area contributed by atoms with Gasteiger partial charge in [-0.3, -0.25) is 15.1 Å². The summed E-state index contributed by atoms with van der Waals surface area (Å²) in [6.07, 6.45) is 5.69. The molecule has 1 fully saturated rings. The van der Waals surface area contributed by atoms with Crippen LogP contribution in [0.4, 0.5) is 0 Å². The van der Waals surface area contributed by atoms with Crippen molar-refractivity contribution in [2.45, 2.75) is 71.0 Å². The van der Waals surface area contributed by atoms with Gasteiger partial charge in [0, 0.05) is 6.54 Å². The maximum atomic E-state index is 13.1. The van der Waals surface area contributed by atoms with Crippen LogP contribution in [0.15, 0.2) is 24.3 Å². The second-order valence-electron chi connectivity index (χ2n) is 6.67. The van der Waals surface area contributed by atoms with Crippen LogP contribution in [0, 0.1) is 5.41 Å². The largest absolute Gasteiger partial charge is 0.342 e. The molecular formula is C19H30N4O. The van der Waals surface area contributed by atoms with Gasteiger partial charge in [0.2, 0.25) is 0 Å². The molecule has 0 radical (unpaired) electrons. The molecule has 1 aliphatic rings. The van der Waals surface area contributed by atoms with Gasteiger partial charge in [0.05, 0.1) is 6.54 Å². The average molecular weight is 330 g/mol. The molecule has 0 atom stereocenters. The van der Waals surface area contributed by atoms with Gasteiger partial charge in [-0.1, -0.05) is 63.8 Å². The van der Waals surface area contributed by atoms with Gasteiger partial charge in [0.15, 0.2) is 5.96 Å². The fraction of sp³-hybridized carbons (Fsp3) is 0.579. The number of carbonyl (C=O) groups excluding carboxylic acids is 1. The maximum Gasteiger partial charge on any atom is 0.255 e. The van der Waals surface area contributed by atoms with Crippen molar-refractivity contribution < 1.29 is 4.79 Å². The third kappa shape index (κ3) is 3.96. The second-order valence-corrected chi connectivity index (χ2v) is 6.67. The van der Waals surface area contributed by atoms with E-state index >= 15 is 0 Å². The first-order chi connectivity index (χ1) is 11.6. The summed E-state index contributed by atoms with van der Waals surface area (Å²) in [5.41, 5.74) is 7.14. The van der Waals surface area contributed by atoms with Gasteiger partial charge < -0.3 is 11.1 Å². The van der Waals surface area contributed by atoms with E-state index in [4.69, 9.17) is 11.1 Å². The monoisotopic (exact) mass is 330 g/mol. The SMILES string of the molecule is CCCCC1(CCCC)NC(=N)N(Cc2ccc(CN)cc2)C1=O. The van der Waals surface area contributed by atoms with Gasteiger partial charge in [-0.05, 0) is 24.0 Å². The highest BCUT2D eigenvalue weighted by atomic mass is 16.2. The first-order valence-electron chi connectivity index (χ1n) is 9.03. The summed E-state index contributed by atoms with van der Waals surface area (Å²) in [6, 6.07) is 7.93. The molecule has 1 aromatic carbocycles. The van der Waals surface area contributed by atoms with Crippen LogP contribution in [-0.2, 0) is 17.9 Å². The van der Waals surface area contributed by atoms with Crippen molar-refractivity contribution in [2.24, 2.45) is 5.73 Å². The zero-order chi connectivity index (χ0) is 17.6. The molecule has 2 rings (SSSR count). The summed E-state index contributed by atoms with van der Waals surface area (Å²) in [4.78, 5) is 14.7. The Morgan fingerprint density at radius 1 is 1.08 bits per heavy atom. The zero-order valence-corrected chi connectivity index (χ0v) is 14.9. The Kier molecular flexibility index (Phi) is 6.37. The summed E-state index contributed by atoms with van der Waals surface area (Å²) >= 11 is 0. The van der Waals surface area contributed by atoms with Crippen LogP contribution in [-0.4, -0.2) is 22.3 Å². The fourth-order valence-electron chi connectivity index (χ4n) is 3.24. The first kappa shape index (κ1) is 18.5. The van der Waals surface area contributed by atoms with Crippen LogP contribution in [0.1, 0.15) is 63.5 Å². The molecule has 24 heavy (non-hydrogen) atoms. The van der Waals surface area contributed by atoms with Crippen LogP contribution in [0.3, 0.4) is 0 Å². The van der Waals surface area contributed by atoms with Crippen LogP contribution < -0.4 is 11.1 Å². The van der Waals surface area contributed by atoms with Crippen molar-refractivity contribution in [1.29, 1.82) is 5.41 Å². The Morgan fingerprint density at radius 2 is 1.62 bits per heavy atom. The van der Waals surface area contributed by atoms with Gasteiger partial charge >= 0.3 is 0 Å². The molecule has 5 nitrogen and oxygen atoms in total. The van der Waals surface area contributed by atoms with E-state index in [0.29, 0.717) is 13.1 Å². The molecule has 0 unspecified atom stereocenters. The molecule has 1 heterocycles. The number of carbonyl (C=O) groups is 1. The normalized spacial score (nSPS) is 16.5. The van der Waals surface area contributed by atoms with E-state index in [-0.39, 0.29) is 11.9 Å². The first-order valence-corrected chi connectivity index (χ1v) is 9.03. The molecule has 0 spiro atoms. The minimum absolute atomic E-state index is 0.0531. The molecule has 1 aliphatic heterocycles. The lowest BCUT2D eigenvalue weighted by Crippen LogP contribution is -2.47. The second kappa shape index (κ2) is 8.29. The smallest absolute Gasteiger partial charge is 0.255 e. The van der Waals surface area contributed by atoms with Crippen molar-refractivity contribution in [3.8, 4) is 0 Å². The average Bonchev–Trinajstić information content (AvgIpc) is 2.83. The fourth-order valence-corrected chi connectivity index (χ4v) is 3.24. The number of hydrogen-bond donors (Lipinski definition) is 3. The third-order valence-corrected chi connectivity index (χ3v) is 4.80. The van der Waals surface area contributed by atoms with Crippen molar-refractivity contribution in [3.63, 3.8) is 0 Å². The molecule has 0 aromatic heterocycles. The lowest BCUT2D eigenvalue weighted by molar-refractivity contribution is -0.132. The number of nitrogens with one attached hydrogen (secondary N) is 2. The van der Waals surface area contributed by atoms with Crippen LogP contribution in [0.25, 0.3) is 0 Å². The number of hydrogen-bond acceptors (Lipinski definition) is 3. The van der Waals surface area contributed by atoms with E-state index < -0.39 is 5.54 Å². The Morgan fingerprint density at radius 3 is 2.12 bits per heavy atom. The quantitative estimate of drug-likeness (QED) is 0.650. The molecule has 0 aliphatic carbocycles. The van der Waals surface area contributed by atoms with Crippen molar-refractivity contribution in [3.05, 3.63) is 35.4 Å². The van der Waals surface area contributed by atoms with E-state index in [1.54, 1.807) is 4.90 Å².